The molecular weight excluding hydrogens is 491 g/mol. The van der Waals surface area contributed by atoms with Gasteiger partial charge in [0.25, 0.3) is 0 Å². The van der Waals surface area contributed by atoms with E-state index < -0.39 is 10.0 Å². The fourth-order valence-corrected chi connectivity index (χ4v) is 5.74. The number of piperazine rings is 1. The van der Waals surface area contributed by atoms with Crippen LogP contribution < -0.4 is 5.32 Å². The molecule has 1 saturated heterocycles. The van der Waals surface area contributed by atoms with E-state index in [1.807, 2.05) is 22.4 Å². The lowest BCUT2D eigenvalue weighted by molar-refractivity contribution is -0.117. The third kappa shape index (κ3) is 5.48. The third-order valence-corrected chi connectivity index (χ3v) is 8.21. The van der Waals surface area contributed by atoms with E-state index in [0.29, 0.717) is 41.4 Å². The molecule has 11 heteroatoms. The van der Waals surface area contributed by atoms with Crippen molar-refractivity contribution in [2.75, 3.05) is 38.0 Å². The quantitative estimate of drug-likeness (QED) is 0.540. The van der Waals surface area contributed by atoms with Crippen molar-refractivity contribution in [2.45, 2.75) is 4.90 Å². The van der Waals surface area contributed by atoms with Crippen molar-refractivity contribution in [1.29, 1.82) is 0 Å². The monoisotopic (exact) mass is 510 g/mol. The van der Waals surface area contributed by atoms with E-state index in [9.17, 15) is 13.2 Å². The Hall–Kier alpha value is -2.01. The van der Waals surface area contributed by atoms with Crippen molar-refractivity contribution in [1.82, 2.24) is 14.2 Å². The number of aromatic nitrogens is 1. The van der Waals surface area contributed by atoms with E-state index in [1.165, 1.54) is 27.8 Å². The lowest BCUT2D eigenvalue weighted by atomic mass is 10.2. The summed E-state index contributed by atoms with van der Waals surface area (Å²) in [5.41, 5.74) is 1.69. The predicted molar refractivity (Wildman–Crippen MR) is 128 cm³/mol. The van der Waals surface area contributed by atoms with Crippen molar-refractivity contribution in [3.8, 4) is 11.3 Å². The Balaban J connectivity index is 1.29. The molecule has 2 aromatic carbocycles. The van der Waals surface area contributed by atoms with Crippen LogP contribution in [0.4, 0.5) is 5.13 Å². The van der Waals surface area contributed by atoms with Crippen molar-refractivity contribution >= 4 is 55.6 Å². The molecule has 0 radical (unpaired) electrons. The minimum Gasteiger partial charge on any atom is -0.301 e. The maximum absolute atomic E-state index is 12.8. The molecule has 1 amide bonds. The number of nitrogens with one attached hydrogen (secondary N) is 1. The molecule has 0 spiro atoms. The van der Waals surface area contributed by atoms with Gasteiger partial charge < -0.3 is 5.32 Å². The summed E-state index contributed by atoms with van der Waals surface area (Å²) in [6.45, 7) is 1.74. The van der Waals surface area contributed by atoms with Crippen LogP contribution in [0.5, 0.6) is 0 Å². The number of thiazole rings is 1. The fourth-order valence-electron chi connectivity index (χ4n) is 3.33. The molecule has 1 aliphatic rings. The van der Waals surface area contributed by atoms with Gasteiger partial charge in [-0.2, -0.15) is 4.31 Å². The van der Waals surface area contributed by atoms with Crippen molar-refractivity contribution in [3.63, 3.8) is 0 Å². The third-order valence-electron chi connectivity index (χ3n) is 5.04. The van der Waals surface area contributed by atoms with Gasteiger partial charge in [0.2, 0.25) is 15.9 Å². The number of halogens is 2. The summed E-state index contributed by atoms with van der Waals surface area (Å²) < 4.78 is 27.0. The van der Waals surface area contributed by atoms with Crippen molar-refractivity contribution < 1.29 is 13.2 Å². The molecule has 0 atom stereocenters. The molecule has 3 aromatic rings. The Labute approximate surface area is 200 Å². The summed E-state index contributed by atoms with van der Waals surface area (Å²) in [5.74, 6) is -0.184. The molecule has 0 aliphatic carbocycles. The van der Waals surface area contributed by atoms with Crippen LogP contribution in [-0.4, -0.2) is 61.2 Å². The van der Waals surface area contributed by atoms with Crippen LogP contribution in [0, 0.1) is 0 Å². The first-order chi connectivity index (χ1) is 15.3. The van der Waals surface area contributed by atoms with Crippen molar-refractivity contribution in [2.24, 2.45) is 0 Å². The van der Waals surface area contributed by atoms with Gasteiger partial charge in [0.1, 0.15) is 0 Å². The van der Waals surface area contributed by atoms with E-state index in [0.717, 1.165) is 11.3 Å². The minimum absolute atomic E-state index is 0.171. The molecule has 7 nitrogen and oxygen atoms in total. The van der Waals surface area contributed by atoms with Gasteiger partial charge in [-0.1, -0.05) is 35.3 Å². The highest BCUT2D eigenvalue weighted by atomic mass is 35.5. The van der Waals surface area contributed by atoms with E-state index in [1.54, 1.807) is 24.3 Å². The Morgan fingerprint density at radius 3 is 2.19 bits per heavy atom. The maximum atomic E-state index is 12.8. The molecule has 4 rings (SSSR count). The highest BCUT2D eigenvalue weighted by Gasteiger charge is 2.29. The van der Waals surface area contributed by atoms with Crippen LogP contribution in [0.3, 0.4) is 0 Å². The number of hydrogen-bond acceptors (Lipinski definition) is 6. The van der Waals surface area contributed by atoms with Crippen LogP contribution in [0.2, 0.25) is 10.0 Å². The molecule has 168 valence electrons. The average Bonchev–Trinajstić information content (AvgIpc) is 3.23. The Morgan fingerprint density at radius 1 is 0.969 bits per heavy atom. The number of anilines is 1. The number of nitrogens with zero attached hydrogens (tertiary/aromatic N) is 3. The summed E-state index contributed by atoms with van der Waals surface area (Å²) in [4.78, 5) is 19.1. The number of sulfonamides is 1. The Kier molecular flexibility index (Phi) is 7.14. The highest BCUT2D eigenvalue weighted by Crippen LogP contribution is 2.26. The smallest absolute Gasteiger partial charge is 0.243 e. The highest BCUT2D eigenvalue weighted by molar-refractivity contribution is 7.89. The number of rotatable bonds is 6. The van der Waals surface area contributed by atoms with Gasteiger partial charge in [0.05, 0.1) is 17.1 Å². The second-order valence-electron chi connectivity index (χ2n) is 7.23. The summed E-state index contributed by atoms with van der Waals surface area (Å²) in [6.07, 6.45) is 0. The van der Waals surface area contributed by atoms with Gasteiger partial charge in [-0.05, 0) is 36.4 Å². The van der Waals surface area contributed by atoms with E-state index in [2.05, 4.69) is 10.3 Å². The Morgan fingerprint density at radius 2 is 1.56 bits per heavy atom. The number of carbonyl (C=O) groups is 1. The molecule has 1 N–H and O–H groups in total. The number of benzene rings is 2. The topological polar surface area (TPSA) is 82.6 Å². The molecule has 1 aliphatic heterocycles. The first-order valence-corrected chi connectivity index (χ1v) is 12.9. The maximum Gasteiger partial charge on any atom is 0.243 e. The molecular formula is C21H20Cl2N4O3S2. The van der Waals surface area contributed by atoms with Crippen LogP contribution in [0.1, 0.15) is 0 Å². The molecule has 0 unspecified atom stereocenters. The molecule has 1 aromatic heterocycles. The minimum atomic E-state index is -3.57. The molecule has 1 fully saturated rings. The summed E-state index contributed by atoms with van der Waals surface area (Å²) in [7, 11) is -3.57. The van der Waals surface area contributed by atoms with Gasteiger partial charge in [-0.15, -0.1) is 11.3 Å². The van der Waals surface area contributed by atoms with Crippen LogP contribution in [0.25, 0.3) is 11.3 Å². The van der Waals surface area contributed by atoms with E-state index in [4.69, 9.17) is 23.2 Å². The normalized spacial score (nSPS) is 15.6. The van der Waals surface area contributed by atoms with Gasteiger partial charge in [0, 0.05) is 47.2 Å². The number of amides is 1. The standard InChI is InChI=1S/C21H20Cl2N4O3S2/c22-16-3-1-15(2-4-16)19-14-31-21(24-19)25-20(28)13-26-9-11-27(12-10-26)32(29,30)18-7-5-17(23)6-8-18/h1-8,14H,9-13H2,(H,24,25,28). The molecule has 32 heavy (non-hydrogen) atoms. The molecule has 2 heterocycles. The summed E-state index contributed by atoms with van der Waals surface area (Å²) in [6, 6.07) is 13.5. The van der Waals surface area contributed by atoms with Gasteiger partial charge in [-0.3, -0.25) is 9.69 Å². The largest absolute Gasteiger partial charge is 0.301 e. The van der Waals surface area contributed by atoms with E-state index >= 15 is 0 Å². The zero-order chi connectivity index (χ0) is 22.7. The average molecular weight is 511 g/mol. The number of carbonyl (C=O) groups excluding carboxylic acids is 1. The second kappa shape index (κ2) is 9.86. The van der Waals surface area contributed by atoms with Crippen LogP contribution >= 0.6 is 34.5 Å². The van der Waals surface area contributed by atoms with E-state index in [-0.39, 0.29) is 17.3 Å². The summed E-state index contributed by atoms with van der Waals surface area (Å²) >= 11 is 13.1. The van der Waals surface area contributed by atoms with Gasteiger partial charge >= 0.3 is 0 Å². The Bertz CT molecular complexity index is 1190. The predicted octanol–water partition coefficient (Wildman–Crippen LogP) is 4.06. The van der Waals surface area contributed by atoms with Crippen LogP contribution in [-0.2, 0) is 14.8 Å². The SMILES string of the molecule is O=C(CN1CCN(S(=O)(=O)c2ccc(Cl)cc2)CC1)Nc1nc(-c2ccc(Cl)cc2)cs1. The van der Waals surface area contributed by atoms with Gasteiger partial charge in [0.15, 0.2) is 5.13 Å². The molecule has 0 bridgehead atoms. The number of hydrogen-bond donors (Lipinski definition) is 1. The summed E-state index contributed by atoms with van der Waals surface area (Å²) in [5, 5.41) is 6.35. The fraction of sp³-hybridized carbons (Fsp3) is 0.238. The zero-order valence-corrected chi connectivity index (χ0v) is 20.0. The lowest BCUT2D eigenvalue weighted by Gasteiger charge is -2.33. The second-order valence-corrected chi connectivity index (χ2v) is 10.9. The van der Waals surface area contributed by atoms with Gasteiger partial charge in [-0.25, -0.2) is 13.4 Å². The first kappa shape index (κ1) is 23.2. The zero-order valence-electron chi connectivity index (χ0n) is 16.9. The lowest BCUT2D eigenvalue weighted by Crippen LogP contribution is -2.50. The molecule has 0 saturated carbocycles. The first-order valence-electron chi connectivity index (χ1n) is 9.81. The van der Waals surface area contributed by atoms with Crippen LogP contribution in [0.15, 0.2) is 58.8 Å². The van der Waals surface area contributed by atoms with Crippen molar-refractivity contribution in [3.05, 3.63) is 64.0 Å².